The van der Waals surface area contributed by atoms with Gasteiger partial charge >= 0.3 is 0 Å². The van der Waals surface area contributed by atoms with Crippen LogP contribution in [0.1, 0.15) is 32.1 Å². The summed E-state index contributed by atoms with van der Waals surface area (Å²) in [7, 11) is 0. The van der Waals surface area contributed by atoms with Crippen molar-refractivity contribution in [1.29, 1.82) is 0 Å². The van der Waals surface area contributed by atoms with E-state index in [4.69, 9.17) is 19.7 Å². The van der Waals surface area contributed by atoms with Gasteiger partial charge in [-0.05, 0) is 38.0 Å². The predicted molar refractivity (Wildman–Crippen MR) is 67.3 cm³/mol. The van der Waals surface area contributed by atoms with Crippen LogP contribution < -0.4 is 0 Å². The van der Waals surface area contributed by atoms with Crippen molar-refractivity contribution >= 4 is 0 Å². The minimum Gasteiger partial charge on any atom is -0.394 e. The Labute approximate surface area is 113 Å². The molecule has 0 aromatic rings. The molecule has 19 heavy (non-hydrogen) atoms. The van der Waals surface area contributed by atoms with Gasteiger partial charge in [-0.25, -0.2) is 0 Å². The van der Waals surface area contributed by atoms with Gasteiger partial charge in [0.05, 0.1) is 32.0 Å². The average molecular weight is 272 g/mol. The summed E-state index contributed by atoms with van der Waals surface area (Å²) in [6, 6.07) is 0. The highest BCUT2D eigenvalue weighted by molar-refractivity contribution is 5.10. The molecule has 4 aliphatic carbocycles. The second-order valence-electron chi connectivity index (χ2n) is 6.43. The fraction of sp³-hybridized carbons (Fsp3) is 1.00. The molecule has 0 spiro atoms. The van der Waals surface area contributed by atoms with Gasteiger partial charge in [-0.1, -0.05) is 0 Å². The van der Waals surface area contributed by atoms with Gasteiger partial charge < -0.3 is 24.8 Å². The molecule has 5 heteroatoms. The van der Waals surface area contributed by atoms with E-state index in [1.165, 1.54) is 0 Å². The molecular formula is C14H24O5. The minimum atomic E-state index is -0.700. The van der Waals surface area contributed by atoms with Crippen LogP contribution in [0.2, 0.25) is 0 Å². The van der Waals surface area contributed by atoms with Crippen molar-refractivity contribution in [3.63, 3.8) is 0 Å². The van der Waals surface area contributed by atoms with Crippen molar-refractivity contribution in [2.75, 3.05) is 26.4 Å². The third kappa shape index (κ3) is 2.21. The lowest BCUT2D eigenvalue weighted by atomic mass is 9.51. The Kier molecular flexibility index (Phi) is 3.60. The topological polar surface area (TPSA) is 79.2 Å². The first kappa shape index (κ1) is 13.8. The zero-order chi connectivity index (χ0) is 13.5. The number of hydrogen-bond donors (Lipinski definition) is 3. The van der Waals surface area contributed by atoms with Gasteiger partial charge in [0.15, 0.2) is 5.79 Å². The van der Waals surface area contributed by atoms with Crippen LogP contribution in [-0.4, -0.2) is 53.1 Å². The second kappa shape index (κ2) is 4.97. The molecule has 0 amide bonds. The molecule has 5 nitrogen and oxygen atoms in total. The summed E-state index contributed by atoms with van der Waals surface area (Å²) in [5.74, 6) is 0.240. The second-order valence-corrected chi connectivity index (χ2v) is 6.43. The molecule has 0 saturated heterocycles. The summed E-state index contributed by atoms with van der Waals surface area (Å²) < 4.78 is 11.8. The van der Waals surface area contributed by atoms with E-state index in [2.05, 4.69) is 0 Å². The molecule has 3 N–H and O–H groups in total. The first-order chi connectivity index (χ1) is 9.12. The van der Waals surface area contributed by atoms with Crippen LogP contribution in [0.4, 0.5) is 0 Å². The summed E-state index contributed by atoms with van der Waals surface area (Å²) >= 11 is 0. The molecule has 0 aliphatic heterocycles. The normalized spacial score (nSPS) is 42.8. The van der Waals surface area contributed by atoms with Crippen LogP contribution in [-0.2, 0) is 9.47 Å². The smallest absolute Gasteiger partial charge is 0.174 e. The standard InChI is InChI=1S/C14H24O5/c15-1-3-18-14(19-4-2-16)11-5-10-6-12(14)9-13(17,7-10)8-11/h10-12,15-17H,1-9H2. The van der Waals surface area contributed by atoms with E-state index in [1.54, 1.807) is 0 Å². The van der Waals surface area contributed by atoms with E-state index in [0.29, 0.717) is 5.92 Å². The molecule has 2 atom stereocenters. The number of rotatable bonds is 6. The monoisotopic (exact) mass is 272 g/mol. The Morgan fingerprint density at radius 1 is 0.895 bits per heavy atom. The van der Waals surface area contributed by atoms with Crippen LogP contribution in [0.5, 0.6) is 0 Å². The Hall–Kier alpha value is -0.200. The predicted octanol–water partition coefficient (Wildman–Crippen LogP) is 0.271. The van der Waals surface area contributed by atoms with Crippen LogP contribution >= 0.6 is 0 Å². The SMILES string of the molecule is OCCOC1(OCCO)C2CC3CC1CC(O)(C3)C2. The van der Waals surface area contributed by atoms with Crippen molar-refractivity contribution in [3.05, 3.63) is 0 Å². The van der Waals surface area contributed by atoms with Crippen LogP contribution in [0.3, 0.4) is 0 Å². The van der Waals surface area contributed by atoms with E-state index < -0.39 is 11.4 Å². The highest BCUT2D eigenvalue weighted by atomic mass is 16.7. The van der Waals surface area contributed by atoms with E-state index >= 15 is 0 Å². The fourth-order valence-electron chi connectivity index (χ4n) is 4.81. The molecular weight excluding hydrogens is 248 g/mol. The van der Waals surface area contributed by atoms with Crippen molar-refractivity contribution in [1.82, 2.24) is 0 Å². The van der Waals surface area contributed by atoms with E-state index in [0.717, 1.165) is 32.1 Å². The molecule has 0 heterocycles. The molecule has 0 aromatic carbocycles. The lowest BCUT2D eigenvalue weighted by molar-refractivity contribution is -0.357. The van der Waals surface area contributed by atoms with Crippen molar-refractivity contribution in [2.24, 2.45) is 17.8 Å². The summed E-state index contributed by atoms with van der Waals surface area (Å²) in [5.41, 5.74) is -0.537. The Bertz CT molecular complexity index is 306. The number of hydrogen-bond acceptors (Lipinski definition) is 5. The largest absolute Gasteiger partial charge is 0.394 e. The Morgan fingerprint density at radius 2 is 1.42 bits per heavy atom. The molecule has 110 valence electrons. The molecule has 4 bridgehead atoms. The van der Waals surface area contributed by atoms with Crippen molar-refractivity contribution < 1.29 is 24.8 Å². The zero-order valence-electron chi connectivity index (χ0n) is 11.3. The maximum absolute atomic E-state index is 10.6. The quantitative estimate of drug-likeness (QED) is 0.605. The van der Waals surface area contributed by atoms with Crippen molar-refractivity contribution in [3.8, 4) is 0 Å². The van der Waals surface area contributed by atoms with Gasteiger partial charge in [0.25, 0.3) is 0 Å². The maximum Gasteiger partial charge on any atom is 0.174 e. The van der Waals surface area contributed by atoms with Gasteiger partial charge in [0.1, 0.15) is 0 Å². The van der Waals surface area contributed by atoms with Crippen LogP contribution in [0.15, 0.2) is 0 Å². The van der Waals surface area contributed by atoms with Gasteiger partial charge in [-0.15, -0.1) is 0 Å². The highest BCUT2D eigenvalue weighted by Gasteiger charge is 2.63. The lowest BCUT2D eigenvalue weighted by Gasteiger charge is -2.62. The Morgan fingerprint density at radius 3 is 1.84 bits per heavy atom. The van der Waals surface area contributed by atoms with Gasteiger partial charge in [-0.3, -0.25) is 0 Å². The van der Waals surface area contributed by atoms with Crippen molar-refractivity contribution in [2.45, 2.75) is 43.5 Å². The molecule has 4 saturated carbocycles. The highest BCUT2D eigenvalue weighted by Crippen LogP contribution is 2.61. The van der Waals surface area contributed by atoms with Crippen LogP contribution in [0, 0.1) is 17.8 Å². The third-order valence-electron chi connectivity index (χ3n) is 5.13. The number of ether oxygens (including phenoxy) is 2. The molecule has 2 unspecified atom stereocenters. The van der Waals surface area contributed by atoms with Gasteiger partial charge in [0, 0.05) is 11.8 Å². The Balaban J connectivity index is 1.83. The average Bonchev–Trinajstić information content (AvgIpc) is 2.36. The summed E-state index contributed by atoms with van der Waals surface area (Å²) in [6.45, 7) is 0.442. The number of aliphatic hydroxyl groups excluding tert-OH is 2. The molecule has 0 radical (unpaired) electrons. The first-order valence-electron chi connectivity index (χ1n) is 7.34. The van der Waals surface area contributed by atoms with E-state index in [-0.39, 0.29) is 38.3 Å². The fourth-order valence-corrected chi connectivity index (χ4v) is 4.81. The minimum absolute atomic E-state index is 0.0304. The van der Waals surface area contributed by atoms with Crippen LogP contribution in [0.25, 0.3) is 0 Å². The van der Waals surface area contributed by atoms with Gasteiger partial charge in [-0.2, -0.15) is 0 Å². The summed E-state index contributed by atoms with van der Waals surface area (Å²) in [5, 5.41) is 28.6. The van der Waals surface area contributed by atoms with E-state index in [1.807, 2.05) is 0 Å². The molecule has 4 fully saturated rings. The lowest BCUT2D eigenvalue weighted by Crippen LogP contribution is -2.65. The zero-order valence-corrected chi connectivity index (χ0v) is 11.3. The molecule has 4 rings (SSSR count). The number of aliphatic hydroxyl groups is 3. The molecule has 4 aliphatic rings. The summed E-state index contributed by atoms with van der Waals surface area (Å²) in [4.78, 5) is 0. The third-order valence-corrected chi connectivity index (χ3v) is 5.13. The van der Waals surface area contributed by atoms with E-state index in [9.17, 15) is 5.11 Å². The first-order valence-corrected chi connectivity index (χ1v) is 7.34. The maximum atomic E-state index is 10.6. The van der Waals surface area contributed by atoms with Gasteiger partial charge in [0.2, 0.25) is 0 Å². The summed E-state index contributed by atoms with van der Waals surface area (Å²) in [6.07, 6.45) is 4.40. The molecule has 0 aromatic heterocycles.